The van der Waals surface area contributed by atoms with Gasteiger partial charge in [0.15, 0.2) is 0 Å². The van der Waals surface area contributed by atoms with Gasteiger partial charge in [0, 0.05) is 5.56 Å². The van der Waals surface area contributed by atoms with Crippen LogP contribution in [-0.4, -0.2) is 52.2 Å². The van der Waals surface area contributed by atoms with Gasteiger partial charge in [-0.3, -0.25) is 9.69 Å². The average molecular weight is 363 g/mol. The highest BCUT2D eigenvalue weighted by Gasteiger charge is 2.48. The molecule has 1 unspecified atom stereocenters. The molecule has 1 aromatic rings. The van der Waals surface area contributed by atoms with E-state index in [0.29, 0.717) is 5.56 Å². The highest BCUT2D eigenvalue weighted by molar-refractivity contribution is 5.89. The van der Waals surface area contributed by atoms with E-state index in [4.69, 9.17) is 9.47 Å². The zero-order chi connectivity index (χ0) is 19.5. The maximum absolute atomic E-state index is 12.5. The van der Waals surface area contributed by atoms with Crippen molar-refractivity contribution >= 4 is 18.2 Å². The summed E-state index contributed by atoms with van der Waals surface area (Å²) >= 11 is 0. The Morgan fingerprint density at radius 2 is 2.04 bits per heavy atom. The molecule has 26 heavy (non-hydrogen) atoms. The molecule has 8 heteroatoms. The van der Waals surface area contributed by atoms with Gasteiger partial charge in [0.2, 0.25) is 0 Å². The van der Waals surface area contributed by atoms with Crippen LogP contribution in [0.15, 0.2) is 29.4 Å². The Bertz CT molecular complexity index is 709. The van der Waals surface area contributed by atoms with Gasteiger partial charge in [-0.05, 0) is 46.8 Å². The molecule has 1 atom stereocenters. The van der Waals surface area contributed by atoms with Gasteiger partial charge in [-0.1, -0.05) is 12.1 Å². The van der Waals surface area contributed by atoms with Crippen LogP contribution in [0.25, 0.3) is 0 Å². The van der Waals surface area contributed by atoms with E-state index in [9.17, 15) is 14.7 Å². The first-order valence-corrected chi connectivity index (χ1v) is 8.28. The van der Waals surface area contributed by atoms with E-state index < -0.39 is 29.4 Å². The molecular formula is C18H25N3O5. The molecule has 2 amide bonds. The number of hydrazone groups is 1. The van der Waals surface area contributed by atoms with Crippen molar-refractivity contribution in [2.45, 2.75) is 52.0 Å². The van der Waals surface area contributed by atoms with Gasteiger partial charge in [0.1, 0.15) is 23.1 Å². The smallest absolute Gasteiger partial charge is 0.413 e. The maximum Gasteiger partial charge on any atom is 0.413 e. The minimum atomic E-state index is -0.980. The third kappa shape index (κ3) is 4.72. The molecule has 8 nitrogen and oxygen atoms in total. The Morgan fingerprint density at radius 3 is 2.65 bits per heavy atom. The number of ether oxygens (including phenoxy) is 2. The van der Waals surface area contributed by atoms with Crippen molar-refractivity contribution in [2.75, 3.05) is 6.61 Å². The number of nitrogens with zero attached hydrogens (tertiary/aromatic N) is 2. The number of hydrogen-bond donors (Lipinski definition) is 2. The van der Waals surface area contributed by atoms with E-state index in [0.717, 1.165) is 0 Å². The SMILES string of the molecule is CC(C)(C)OC(=O)N1C(C(=O)N/N=C/c2ccccc2O)COC1(C)C. The van der Waals surface area contributed by atoms with Crippen LogP contribution in [0.3, 0.4) is 0 Å². The molecule has 1 aromatic carbocycles. The normalized spacial score (nSPS) is 19.6. The molecule has 0 bridgehead atoms. The number of para-hydroxylation sites is 1. The van der Waals surface area contributed by atoms with Crippen molar-refractivity contribution in [3.63, 3.8) is 0 Å². The first-order chi connectivity index (χ1) is 12.0. The van der Waals surface area contributed by atoms with Gasteiger partial charge in [-0.2, -0.15) is 5.10 Å². The minimum absolute atomic E-state index is 0.0319. The number of amides is 2. The summed E-state index contributed by atoms with van der Waals surface area (Å²) in [7, 11) is 0. The van der Waals surface area contributed by atoms with Crippen molar-refractivity contribution in [1.82, 2.24) is 10.3 Å². The Kier molecular flexibility index (Phi) is 5.56. The zero-order valence-electron chi connectivity index (χ0n) is 15.6. The van der Waals surface area contributed by atoms with Gasteiger partial charge < -0.3 is 14.6 Å². The van der Waals surface area contributed by atoms with Crippen LogP contribution in [0.2, 0.25) is 0 Å². The molecular weight excluding hydrogens is 338 g/mol. The molecule has 1 saturated heterocycles. The van der Waals surface area contributed by atoms with Crippen molar-refractivity contribution in [3.05, 3.63) is 29.8 Å². The van der Waals surface area contributed by atoms with Crippen LogP contribution in [0.5, 0.6) is 5.75 Å². The number of nitrogens with one attached hydrogen (secondary N) is 1. The van der Waals surface area contributed by atoms with Crippen molar-refractivity contribution in [3.8, 4) is 5.75 Å². The van der Waals surface area contributed by atoms with E-state index in [2.05, 4.69) is 10.5 Å². The van der Waals surface area contributed by atoms with Gasteiger partial charge in [0.25, 0.3) is 5.91 Å². The van der Waals surface area contributed by atoms with Crippen LogP contribution in [0.1, 0.15) is 40.2 Å². The summed E-state index contributed by atoms with van der Waals surface area (Å²) in [5.41, 5.74) is 1.16. The fourth-order valence-electron chi connectivity index (χ4n) is 2.49. The van der Waals surface area contributed by atoms with E-state index in [1.165, 1.54) is 17.2 Å². The van der Waals surface area contributed by atoms with Gasteiger partial charge in [-0.15, -0.1) is 0 Å². The summed E-state index contributed by atoms with van der Waals surface area (Å²) in [6.45, 7) is 8.66. The van der Waals surface area contributed by atoms with Crippen LogP contribution in [0, 0.1) is 0 Å². The first kappa shape index (κ1) is 19.7. The highest BCUT2D eigenvalue weighted by atomic mass is 16.6. The predicted octanol–water partition coefficient (Wildman–Crippen LogP) is 2.21. The Morgan fingerprint density at radius 1 is 1.38 bits per heavy atom. The molecule has 2 rings (SSSR count). The summed E-state index contributed by atoms with van der Waals surface area (Å²) in [5, 5.41) is 13.5. The summed E-state index contributed by atoms with van der Waals surface area (Å²) in [6.07, 6.45) is 0.691. The first-order valence-electron chi connectivity index (χ1n) is 8.28. The second-order valence-corrected chi connectivity index (χ2v) is 7.42. The topological polar surface area (TPSA) is 100 Å². The second kappa shape index (κ2) is 7.33. The number of rotatable bonds is 3. The molecule has 142 valence electrons. The van der Waals surface area contributed by atoms with E-state index in [1.54, 1.807) is 52.8 Å². The monoisotopic (exact) mass is 363 g/mol. The maximum atomic E-state index is 12.5. The van der Waals surface area contributed by atoms with E-state index >= 15 is 0 Å². The van der Waals surface area contributed by atoms with Crippen LogP contribution < -0.4 is 5.43 Å². The Hall–Kier alpha value is -2.61. The number of benzene rings is 1. The number of aromatic hydroxyl groups is 1. The summed E-state index contributed by atoms with van der Waals surface area (Å²) < 4.78 is 11.0. The van der Waals surface area contributed by atoms with E-state index in [1.807, 2.05) is 0 Å². The lowest BCUT2D eigenvalue weighted by molar-refractivity contribution is -0.126. The Balaban J connectivity index is 2.09. The fourth-order valence-corrected chi connectivity index (χ4v) is 2.49. The minimum Gasteiger partial charge on any atom is -0.507 e. The van der Waals surface area contributed by atoms with Gasteiger partial charge >= 0.3 is 6.09 Å². The molecule has 0 aliphatic carbocycles. The fraction of sp³-hybridized carbons (Fsp3) is 0.500. The van der Waals surface area contributed by atoms with Crippen LogP contribution in [-0.2, 0) is 14.3 Å². The molecule has 1 aliphatic rings. The van der Waals surface area contributed by atoms with Gasteiger partial charge in [0.05, 0.1) is 12.8 Å². The van der Waals surface area contributed by atoms with Crippen molar-refractivity contribution < 1.29 is 24.2 Å². The van der Waals surface area contributed by atoms with Crippen molar-refractivity contribution in [2.24, 2.45) is 5.10 Å². The van der Waals surface area contributed by atoms with Crippen LogP contribution in [0.4, 0.5) is 4.79 Å². The number of carbonyl (C=O) groups is 2. The molecule has 1 aliphatic heterocycles. The number of hydrogen-bond acceptors (Lipinski definition) is 6. The number of phenolic OH excluding ortho intramolecular Hbond substituents is 1. The molecule has 1 fully saturated rings. The molecule has 0 radical (unpaired) electrons. The van der Waals surface area contributed by atoms with E-state index in [-0.39, 0.29) is 12.4 Å². The molecule has 0 saturated carbocycles. The van der Waals surface area contributed by atoms with Crippen LogP contribution >= 0.6 is 0 Å². The largest absolute Gasteiger partial charge is 0.507 e. The highest BCUT2D eigenvalue weighted by Crippen LogP contribution is 2.29. The summed E-state index contributed by atoms with van der Waals surface area (Å²) in [5.74, 6) is -0.459. The summed E-state index contributed by atoms with van der Waals surface area (Å²) in [6, 6.07) is 5.71. The zero-order valence-corrected chi connectivity index (χ0v) is 15.6. The molecule has 1 heterocycles. The number of phenols is 1. The second-order valence-electron chi connectivity index (χ2n) is 7.42. The van der Waals surface area contributed by atoms with Crippen molar-refractivity contribution in [1.29, 1.82) is 0 Å². The lowest BCUT2D eigenvalue weighted by Gasteiger charge is -2.34. The quantitative estimate of drug-likeness (QED) is 0.633. The summed E-state index contributed by atoms with van der Waals surface area (Å²) in [4.78, 5) is 26.2. The van der Waals surface area contributed by atoms with Gasteiger partial charge in [-0.25, -0.2) is 10.2 Å². The third-order valence-corrected chi connectivity index (χ3v) is 3.69. The molecule has 0 aromatic heterocycles. The lowest BCUT2D eigenvalue weighted by atomic mass is 10.2. The lowest BCUT2D eigenvalue weighted by Crippen LogP contribution is -2.54. The average Bonchev–Trinajstić information content (AvgIpc) is 2.83. The standard InChI is InChI=1S/C18H25N3O5/c1-17(2,3)26-16(24)21-13(11-25-18(21,4)5)15(23)20-19-10-12-8-6-7-9-14(12)22/h6-10,13,22H,11H2,1-5H3,(H,20,23)/b19-10+. The Labute approximate surface area is 152 Å². The molecule has 2 N–H and O–H groups in total. The third-order valence-electron chi connectivity index (χ3n) is 3.69. The predicted molar refractivity (Wildman–Crippen MR) is 95.7 cm³/mol. The molecule has 0 spiro atoms. The number of carbonyl (C=O) groups excluding carboxylic acids is 2.